The highest BCUT2D eigenvalue weighted by atomic mass is 19.1. The minimum Gasteiger partial charge on any atom is -0.497 e. The maximum Gasteiger partial charge on any atom is 0.133 e. The minimum atomic E-state index is -0.601. The SMILES string of the molecule is CCC(N)Cc1c(F)cc(OC)cc1F. The normalized spacial score (nSPS) is 12.6. The summed E-state index contributed by atoms with van der Waals surface area (Å²) in [6.45, 7) is 1.88. The molecule has 0 heterocycles. The summed E-state index contributed by atoms with van der Waals surface area (Å²) in [5, 5.41) is 0. The topological polar surface area (TPSA) is 35.2 Å². The highest BCUT2D eigenvalue weighted by molar-refractivity contribution is 5.31. The smallest absolute Gasteiger partial charge is 0.133 e. The van der Waals surface area contributed by atoms with Gasteiger partial charge in [0.1, 0.15) is 17.4 Å². The molecule has 1 aromatic carbocycles. The third kappa shape index (κ3) is 2.89. The van der Waals surface area contributed by atoms with Gasteiger partial charge in [-0.15, -0.1) is 0 Å². The van der Waals surface area contributed by atoms with Crippen molar-refractivity contribution in [2.45, 2.75) is 25.8 Å². The van der Waals surface area contributed by atoms with E-state index in [1.54, 1.807) is 0 Å². The van der Waals surface area contributed by atoms with Crippen molar-refractivity contribution in [2.75, 3.05) is 7.11 Å². The summed E-state index contributed by atoms with van der Waals surface area (Å²) in [5.41, 5.74) is 5.68. The number of hydrogen-bond donors (Lipinski definition) is 1. The summed E-state index contributed by atoms with van der Waals surface area (Å²) in [6.07, 6.45) is 0.892. The van der Waals surface area contributed by atoms with Gasteiger partial charge in [-0.1, -0.05) is 6.92 Å². The van der Waals surface area contributed by atoms with Crippen molar-refractivity contribution < 1.29 is 13.5 Å². The Hall–Kier alpha value is -1.16. The van der Waals surface area contributed by atoms with Crippen LogP contribution in [0.15, 0.2) is 12.1 Å². The van der Waals surface area contributed by atoms with E-state index < -0.39 is 11.6 Å². The summed E-state index contributed by atoms with van der Waals surface area (Å²) in [5.74, 6) is -1.02. The minimum absolute atomic E-state index is 0.0325. The molecule has 0 aromatic heterocycles. The van der Waals surface area contributed by atoms with Crippen LogP contribution in [0.4, 0.5) is 8.78 Å². The van der Waals surface area contributed by atoms with Crippen molar-refractivity contribution in [1.29, 1.82) is 0 Å². The van der Waals surface area contributed by atoms with Crippen LogP contribution in [0.3, 0.4) is 0 Å². The van der Waals surface area contributed by atoms with E-state index in [1.165, 1.54) is 19.2 Å². The Morgan fingerprint density at radius 2 is 1.87 bits per heavy atom. The van der Waals surface area contributed by atoms with Crippen LogP contribution in [0.1, 0.15) is 18.9 Å². The first-order valence-corrected chi connectivity index (χ1v) is 4.86. The van der Waals surface area contributed by atoms with E-state index in [1.807, 2.05) is 6.92 Å². The Kier molecular flexibility index (Phi) is 4.03. The van der Waals surface area contributed by atoms with Gasteiger partial charge in [-0.25, -0.2) is 8.78 Å². The molecular formula is C11H15F2NO. The molecule has 0 aliphatic carbocycles. The lowest BCUT2D eigenvalue weighted by atomic mass is 10.0. The maximum atomic E-state index is 13.4. The van der Waals surface area contributed by atoms with Gasteiger partial charge in [-0.05, 0) is 12.8 Å². The molecule has 1 unspecified atom stereocenters. The molecule has 1 atom stereocenters. The molecular weight excluding hydrogens is 200 g/mol. The molecule has 84 valence electrons. The van der Waals surface area contributed by atoms with E-state index in [-0.39, 0.29) is 23.8 Å². The number of halogens is 2. The number of ether oxygens (including phenoxy) is 1. The van der Waals surface area contributed by atoms with Crippen LogP contribution in [0.25, 0.3) is 0 Å². The summed E-state index contributed by atoms with van der Waals surface area (Å²) in [4.78, 5) is 0. The third-order valence-corrected chi connectivity index (χ3v) is 2.34. The molecule has 0 saturated heterocycles. The zero-order chi connectivity index (χ0) is 11.4. The second-order valence-electron chi connectivity index (χ2n) is 3.44. The number of rotatable bonds is 4. The van der Waals surface area contributed by atoms with Crippen LogP contribution in [0, 0.1) is 11.6 Å². The van der Waals surface area contributed by atoms with E-state index in [2.05, 4.69) is 0 Å². The fourth-order valence-corrected chi connectivity index (χ4v) is 1.30. The first-order valence-electron chi connectivity index (χ1n) is 4.86. The Morgan fingerprint density at radius 1 is 1.33 bits per heavy atom. The first kappa shape index (κ1) is 11.9. The van der Waals surface area contributed by atoms with Crippen LogP contribution in [-0.2, 0) is 6.42 Å². The van der Waals surface area contributed by atoms with Crippen molar-refractivity contribution in [2.24, 2.45) is 5.73 Å². The van der Waals surface area contributed by atoms with Crippen LogP contribution >= 0.6 is 0 Å². The number of methoxy groups -OCH3 is 1. The molecule has 4 heteroatoms. The van der Waals surface area contributed by atoms with E-state index in [0.717, 1.165) is 0 Å². The molecule has 0 radical (unpaired) electrons. The monoisotopic (exact) mass is 215 g/mol. The Labute approximate surface area is 88.0 Å². The summed E-state index contributed by atoms with van der Waals surface area (Å²) in [6, 6.07) is 2.11. The van der Waals surface area contributed by atoms with E-state index in [9.17, 15) is 8.78 Å². The quantitative estimate of drug-likeness (QED) is 0.836. The van der Waals surface area contributed by atoms with Crippen molar-refractivity contribution in [3.8, 4) is 5.75 Å². The largest absolute Gasteiger partial charge is 0.497 e. The Balaban J connectivity index is 2.98. The molecule has 0 bridgehead atoms. The van der Waals surface area contributed by atoms with Crippen LogP contribution in [-0.4, -0.2) is 13.2 Å². The lowest BCUT2D eigenvalue weighted by Gasteiger charge is -2.11. The molecule has 2 nitrogen and oxygen atoms in total. The molecule has 15 heavy (non-hydrogen) atoms. The molecule has 0 saturated carbocycles. The van der Waals surface area contributed by atoms with Gasteiger partial charge < -0.3 is 10.5 Å². The fraction of sp³-hybridized carbons (Fsp3) is 0.455. The fourth-order valence-electron chi connectivity index (χ4n) is 1.30. The lowest BCUT2D eigenvalue weighted by molar-refractivity contribution is 0.404. The number of nitrogens with two attached hydrogens (primary N) is 1. The number of hydrogen-bond acceptors (Lipinski definition) is 2. The van der Waals surface area contributed by atoms with E-state index in [4.69, 9.17) is 10.5 Å². The van der Waals surface area contributed by atoms with Gasteiger partial charge in [0.15, 0.2) is 0 Å². The van der Waals surface area contributed by atoms with Crippen LogP contribution in [0.2, 0.25) is 0 Å². The second-order valence-corrected chi connectivity index (χ2v) is 3.44. The summed E-state index contributed by atoms with van der Waals surface area (Å²) < 4.78 is 31.6. The van der Waals surface area contributed by atoms with Gasteiger partial charge in [0.2, 0.25) is 0 Å². The van der Waals surface area contributed by atoms with E-state index in [0.29, 0.717) is 6.42 Å². The van der Waals surface area contributed by atoms with Gasteiger partial charge in [-0.2, -0.15) is 0 Å². The highest BCUT2D eigenvalue weighted by Crippen LogP contribution is 2.21. The summed E-state index contributed by atoms with van der Waals surface area (Å²) in [7, 11) is 1.37. The highest BCUT2D eigenvalue weighted by Gasteiger charge is 2.13. The van der Waals surface area contributed by atoms with Gasteiger partial charge in [-0.3, -0.25) is 0 Å². The van der Waals surface area contributed by atoms with Gasteiger partial charge in [0.25, 0.3) is 0 Å². The zero-order valence-corrected chi connectivity index (χ0v) is 8.89. The lowest BCUT2D eigenvalue weighted by Crippen LogP contribution is -2.22. The van der Waals surface area contributed by atoms with Gasteiger partial charge in [0, 0.05) is 23.7 Å². The standard InChI is InChI=1S/C11H15F2NO/c1-3-7(14)4-9-10(12)5-8(15-2)6-11(9)13/h5-7H,3-4,14H2,1-2H3. The molecule has 1 rings (SSSR count). The molecule has 2 N–H and O–H groups in total. The first-order chi connectivity index (χ1) is 7.08. The van der Waals surface area contributed by atoms with Gasteiger partial charge in [0.05, 0.1) is 7.11 Å². The molecule has 0 aliphatic rings. The number of benzene rings is 1. The third-order valence-electron chi connectivity index (χ3n) is 2.34. The van der Waals surface area contributed by atoms with Crippen molar-refractivity contribution in [3.05, 3.63) is 29.3 Å². The molecule has 0 amide bonds. The predicted molar refractivity (Wildman–Crippen MR) is 54.9 cm³/mol. The zero-order valence-electron chi connectivity index (χ0n) is 8.89. The average molecular weight is 215 g/mol. The average Bonchev–Trinajstić information content (AvgIpc) is 2.22. The molecule has 0 fully saturated rings. The van der Waals surface area contributed by atoms with Crippen LogP contribution < -0.4 is 10.5 Å². The van der Waals surface area contributed by atoms with Gasteiger partial charge >= 0.3 is 0 Å². The maximum absolute atomic E-state index is 13.4. The molecule has 0 spiro atoms. The van der Waals surface area contributed by atoms with Crippen LogP contribution in [0.5, 0.6) is 5.75 Å². The van der Waals surface area contributed by atoms with E-state index >= 15 is 0 Å². The predicted octanol–water partition coefficient (Wildman–Crippen LogP) is 2.25. The molecule has 0 aliphatic heterocycles. The van der Waals surface area contributed by atoms with Crippen molar-refractivity contribution in [1.82, 2.24) is 0 Å². The molecule has 1 aromatic rings. The van der Waals surface area contributed by atoms with Crippen molar-refractivity contribution >= 4 is 0 Å². The Morgan fingerprint density at radius 3 is 2.27 bits per heavy atom. The Bertz CT molecular complexity index is 318. The summed E-state index contributed by atoms with van der Waals surface area (Å²) >= 11 is 0. The van der Waals surface area contributed by atoms with Crippen molar-refractivity contribution in [3.63, 3.8) is 0 Å². The second kappa shape index (κ2) is 5.07.